The number of hydrogen-bond donors (Lipinski definition) is 0. The van der Waals surface area contributed by atoms with Gasteiger partial charge in [-0.3, -0.25) is 9.69 Å². The highest BCUT2D eigenvalue weighted by Gasteiger charge is 2.18. The predicted octanol–water partition coefficient (Wildman–Crippen LogP) is 3.38. The third kappa shape index (κ3) is 4.31. The van der Waals surface area contributed by atoms with Crippen LogP contribution >= 0.6 is 0 Å². The Morgan fingerprint density at radius 2 is 1.88 bits per heavy atom. The van der Waals surface area contributed by atoms with Crippen LogP contribution in [0.5, 0.6) is 0 Å². The van der Waals surface area contributed by atoms with Crippen molar-refractivity contribution in [3.05, 3.63) is 35.9 Å². The number of ketones is 1. The molecule has 0 amide bonds. The molecule has 17 heavy (non-hydrogen) atoms. The van der Waals surface area contributed by atoms with Crippen LogP contribution in [-0.4, -0.2) is 30.3 Å². The van der Waals surface area contributed by atoms with Crippen LogP contribution in [0.4, 0.5) is 0 Å². The lowest BCUT2D eigenvalue weighted by molar-refractivity contribution is 0.0867. The van der Waals surface area contributed by atoms with Crippen molar-refractivity contribution in [2.75, 3.05) is 13.6 Å². The van der Waals surface area contributed by atoms with Gasteiger partial charge in [0.15, 0.2) is 5.78 Å². The highest BCUT2D eigenvalue weighted by molar-refractivity contribution is 5.99. The molecule has 0 N–H and O–H groups in total. The number of carbonyl (C=O) groups is 1. The summed E-state index contributed by atoms with van der Waals surface area (Å²) in [4.78, 5) is 14.3. The molecule has 0 aromatic heterocycles. The molecule has 1 aromatic carbocycles. The van der Waals surface area contributed by atoms with Crippen LogP contribution in [0.15, 0.2) is 30.3 Å². The summed E-state index contributed by atoms with van der Waals surface area (Å²) in [6.07, 6.45) is 3.62. The van der Waals surface area contributed by atoms with E-state index >= 15 is 0 Å². The van der Waals surface area contributed by atoms with Gasteiger partial charge in [0.1, 0.15) is 0 Å². The predicted molar refractivity (Wildman–Crippen MR) is 72.4 cm³/mol. The van der Waals surface area contributed by atoms with Crippen molar-refractivity contribution in [2.24, 2.45) is 0 Å². The molecule has 0 fully saturated rings. The Kier molecular flexibility index (Phi) is 5.92. The zero-order valence-electron chi connectivity index (χ0n) is 11.1. The number of nitrogens with zero attached hydrogens (tertiary/aromatic N) is 1. The molecule has 0 heterocycles. The Labute approximate surface area is 105 Å². The number of hydrogen-bond acceptors (Lipinski definition) is 2. The van der Waals surface area contributed by atoms with Gasteiger partial charge in [-0.2, -0.15) is 0 Å². The molecule has 0 saturated carbocycles. The lowest BCUT2D eigenvalue weighted by atomic mass is 10.0. The molecule has 1 atom stereocenters. The van der Waals surface area contributed by atoms with Gasteiger partial charge in [0, 0.05) is 5.56 Å². The van der Waals surface area contributed by atoms with Crippen LogP contribution < -0.4 is 0 Å². The van der Waals surface area contributed by atoms with Crippen molar-refractivity contribution in [1.82, 2.24) is 4.90 Å². The summed E-state index contributed by atoms with van der Waals surface area (Å²) in [5.41, 5.74) is 0.808. The van der Waals surface area contributed by atoms with Gasteiger partial charge in [0.05, 0.1) is 6.04 Å². The second kappa shape index (κ2) is 7.23. The Morgan fingerprint density at radius 3 is 2.47 bits per heavy atom. The average molecular weight is 233 g/mol. The third-order valence-corrected chi connectivity index (χ3v) is 3.21. The molecule has 0 aliphatic rings. The molecule has 0 radical (unpaired) electrons. The summed E-state index contributed by atoms with van der Waals surface area (Å²) in [5.74, 6) is 0.213. The fourth-order valence-corrected chi connectivity index (χ4v) is 1.85. The molecule has 0 spiro atoms. The number of unbranched alkanes of at least 4 members (excludes halogenated alkanes) is 2. The molecule has 1 aromatic rings. The number of Topliss-reactive ketones (excluding diaryl/α,β-unsaturated/α-hetero) is 1. The minimum Gasteiger partial charge on any atom is -0.297 e. The Morgan fingerprint density at radius 1 is 1.24 bits per heavy atom. The summed E-state index contributed by atoms with van der Waals surface area (Å²) in [7, 11) is 2.03. The van der Waals surface area contributed by atoms with Crippen molar-refractivity contribution < 1.29 is 4.79 Å². The highest BCUT2D eigenvalue weighted by Crippen LogP contribution is 2.08. The molecule has 0 aliphatic heterocycles. The van der Waals surface area contributed by atoms with E-state index in [-0.39, 0.29) is 11.8 Å². The zero-order valence-corrected chi connectivity index (χ0v) is 11.1. The summed E-state index contributed by atoms with van der Waals surface area (Å²) in [5, 5.41) is 0. The maximum absolute atomic E-state index is 12.2. The summed E-state index contributed by atoms with van der Waals surface area (Å²) >= 11 is 0. The first kappa shape index (κ1) is 13.9. The van der Waals surface area contributed by atoms with Gasteiger partial charge >= 0.3 is 0 Å². The number of carbonyl (C=O) groups excluding carboxylic acids is 1. The zero-order chi connectivity index (χ0) is 12.7. The third-order valence-electron chi connectivity index (χ3n) is 3.21. The van der Waals surface area contributed by atoms with E-state index in [1.165, 1.54) is 19.3 Å². The topological polar surface area (TPSA) is 20.3 Å². The van der Waals surface area contributed by atoms with E-state index in [0.717, 1.165) is 12.1 Å². The van der Waals surface area contributed by atoms with E-state index in [4.69, 9.17) is 0 Å². The number of benzene rings is 1. The summed E-state index contributed by atoms with van der Waals surface area (Å²) in [6.45, 7) is 5.17. The van der Waals surface area contributed by atoms with Crippen LogP contribution in [0.1, 0.15) is 43.5 Å². The summed E-state index contributed by atoms with van der Waals surface area (Å²) < 4.78 is 0. The van der Waals surface area contributed by atoms with Crippen LogP contribution in [0.25, 0.3) is 0 Å². The van der Waals surface area contributed by atoms with Crippen molar-refractivity contribution in [3.8, 4) is 0 Å². The fraction of sp³-hybridized carbons (Fsp3) is 0.533. The van der Waals surface area contributed by atoms with E-state index in [0.29, 0.717) is 0 Å². The maximum atomic E-state index is 12.2. The molecule has 1 rings (SSSR count). The van der Waals surface area contributed by atoms with Gasteiger partial charge < -0.3 is 0 Å². The molecule has 0 aliphatic carbocycles. The second-order valence-electron chi connectivity index (χ2n) is 4.59. The molecule has 0 saturated heterocycles. The van der Waals surface area contributed by atoms with E-state index in [1.54, 1.807) is 0 Å². The quantitative estimate of drug-likeness (QED) is 0.531. The largest absolute Gasteiger partial charge is 0.297 e. The van der Waals surface area contributed by atoms with E-state index in [1.807, 2.05) is 44.3 Å². The van der Waals surface area contributed by atoms with Gasteiger partial charge in [0.2, 0.25) is 0 Å². The van der Waals surface area contributed by atoms with Crippen LogP contribution in [0, 0.1) is 0 Å². The Balaban J connectivity index is 2.51. The van der Waals surface area contributed by atoms with Gasteiger partial charge in [-0.1, -0.05) is 50.1 Å². The minimum atomic E-state index is -0.0331. The van der Waals surface area contributed by atoms with Crippen LogP contribution in [0.3, 0.4) is 0 Å². The second-order valence-corrected chi connectivity index (χ2v) is 4.59. The van der Waals surface area contributed by atoms with Gasteiger partial charge in [-0.25, -0.2) is 0 Å². The maximum Gasteiger partial charge on any atom is 0.179 e. The average Bonchev–Trinajstić information content (AvgIpc) is 2.38. The Hall–Kier alpha value is -1.15. The number of likely N-dealkylation sites (N-methyl/N-ethyl adjacent to an activating group) is 1. The normalized spacial score (nSPS) is 12.7. The monoisotopic (exact) mass is 233 g/mol. The SMILES string of the molecule is CCCCCN(C)C(C)C(=O)c1ccccc1. The van der Waals surface area contributed by atoms with Crippen LogP contribution in [-0.2, 0) is 0 Å². The van der Waals surface area contributed by atoms with Gasteiger partial charge in [-0.15, -0.1) is 0 Å². The molecular formula is C15H23NO. The van der Waals surface area contributed by atoms with Crippen molar-refractivity contribution in [1.29, 1.82) is 0 Å². The Bertz CT molecular complexity index is 334. The van der Waals surface area contributed by atoms with Crippen molar-refractivity contribution >= 4 is 5.78 Å². The van der Waals surface area contributed by atoms with Gasteiger partial charge in [0.25, 0.3) is 0 Å². The molecular weight excluding hydrogens is 210 g/mol. The van der Waals surface area contributed by atoms with E-state index in [9.17, 15) is 4.79 Å². The van der Waals surface area contributed by atoms with E-state index in [2.05, 4.69) is 11.8 Å². The smallest absolute Gasteiger partial charge is 0.179 e. The number of rotatable bonds is 7. The minimum absolute atomic E-state index is 0.0331. The molecule has 2 nitrogen and oxygen atoms in total. The first-order valence-electron chi connectivity index (χ1n) is 6.46. The van der Waals surface area contributed by atoms with E-state index < -0.39 is 0 Å². The lowest BCUT2D eigenvalue weighted by Gasteiger charge is -2.23. The summed E-state index contributed by atoms with van der Waals surface area (Å²) in [6, 6.07) is 9.51. The molecule has 0 bridgehead atoms. The highest BCUT2D eigenvalue weighted by atomic mass is 16.1. The molecule has 94 valence electrons. The molecule has 2 heteroatoms. The first-order valence-corrected chi connectivity index (χ1v) is 6.46. The standard InChI is InChI=1S/C15H23NO/c1-4-5-9-12-16(3)13(2)15(17)14-10-7-6-8-11-14/h6-8,10-11,13H,4-5,9,12H2,1-3H3. The fourth-order valence-electron chi connectivity index (χ4n) is 1.85. The van der Waals surface area contributed by atoms with Crippen LogP contribution in [0.2, 0.25) is 0 Å². The van der Waals surface area contributed by atoms with Crippen molar-refractivity contribution in [3.63, 3.8) is 0 Å². The molecule has 1 unspecified atom stereocenters. The van der Waals surface area contributed by atoms with Crippen molar-refractivity contribution in [2.45, 2.75) is 39.2 Å². The lowest BCUT2D eigenvalue weighted by Crippen LogP contribution is -2.36. The van der Waals surface area contributed by atoms with Gasteiger partial charge in [-0.05, 0) is 26.9 Å². The first-order chi connectivity index (χ1) is 8.16.